The molecule has 0 spiro atoms. The molecule has 0 amide bonds. The molecule has 0 aliphatic heterocycles. The molecule has 0 aliphatic carbocycles. The summed E-state index contributed by atoms with van der Waals surface area (Å²) in [5, 5.41) is 0. The summed E-state index contributed by atoms with van der Waals surface area (Å²) in [5.74, 6) is 0. The number of allylic oxidation sites excluding steroid dienone is 5. The number of rotatable bonds is 4. The molecule has 0 bridgehead atoms. The van der Waals surface area contributed by atoms with Crippen molar-refractivity contribution in [3.63, 3.8) is 0 Å². The normalized spacial score (nSPS) is 12.6. The van der Waals surface area contributed by atoms with Crippen molar-refractivity contribution >= 4 is 5.69 Å². The van der Waals surface area contributed by atoms with Gasteiger partial charge in [0.1, 0.15) is 0 Å². The molecular weight excluding hydrogens is 194 g/mol. The maximum Gasteiger partial charge on any atom is 0.0407 e. The molecule has 1 rings (SSSR count). The highest BCUT2D eigenvalue weighted by Gasteiger charge is 2.01. The SMILES string of the molecule is C\C=C/C=C\C(=C/C)N(C)c1ccccc1. The molecule has 0 heterocycles. The molecular formula is C15H19N. The number of nitrogens with zero attached hydrogens (tertiary/aromatic N) is 1. The summed E-state index contributed by atoms with van der Waals surface area (Å²) in [6.07, 6.45) is 10.3. The average molecular weight is 213 g/mol. The van der Waals surface area contributed by atoms with Gasteiger partial charge in [-0.2, -0.15) is 0 Å². The number of benzene rings is 1. The van der Waals surface area contributed by atoms with E-state index in [0.717, 1.165) is 0 Å². The molecule has 84 valence electrons. The lowest BCUT2D eigenvalue weighted by atomic mass is 10.2. The van der Waals surface area contributed by atoms with Crippen LogP contribution in [-0.4, -0.2) is 7.05 Å². The summed E-state index contributed by atoms with van der Waals surface area (Å²) < 4.78 is 0. The third-order valence-corrected chi connectivity index (χ3v) is 2.40. The van der Waals surface area contributed by atoms with Crippen molar-refractivity contribution in [3.8, 4) is 0 Å². The monoisotopic (exact) mass is 213 g/mol. The lowest BCUT2D eigenvalue weighted by molar-refractivity contribution is 1.13. The number of hydrogen-bond acceptors (Lipinski definition) is 1. The summed E-state index contributed by atoms with van der Waals surface area (Å²) in [4.78, 5) is 2.17. The van der Waals surface area contributed by atoms with Gasteiger partial charge in [-0.3, -0.25) is 0 Å². The first-order valence-electron chi connectivity index (χ1n) is 5.54. The summed E-state index contributed by atoms with van der Waals surface area (Å²) in [6, 6.07) is 10.3. The van der Waals surface area contributed by atoms with E-state index in [4.69, 9.17) is 0 Å². The molecule has 0 aromatic heterocycles. The lowest BCUT2D eigenvalue weighted by Crippen LogP contribution is -2.14. The Kier molecular flexibility index (Phi) is 5.13. The highest BCUT2D eigenvalue weighted by Crippen LogP contribution is 2.17. The quantitative estimate of drug-likeness (QED) is 0.679. The first kappa shape index (κ1) is 12.3. The Morgan fingerprint density at radius 2 is 1.75 bits per heavy atom. The fourth-order valence-corrected chi connectivity index (χ4v) is 1.47. The molecule has 1 aromatic carbocycles. The van der Waals surface area contributed by atoms with Crippen molar-refractivity contribution in [2.24, 2.45) is 0 Å². The third kappa shape index (κ3) is 3.43. The van der Waals surface area contributed by atoms with Crippen molar-refractivity contribution in [1.82, 2.24) is 0 Å². The molecule has 16 heavy (non-hydrogen) atoms. The van der Waals surface area contributed by atoms with Crippen LogP contribution in [0.1, 0.15) is 13.8 Å². The van der Waals surface area contributed by atoms with Gasteiger partial charge in [0, 0.05) is 18.4 Å². The number of likely N-dealkylation sites (N-methyl/N-ethyl adjacent to an activating group) is 1. The molecule has 0 N–H and O–H groups in total. The molecule has 0 saturated carbocycles. The number of hydrogen-bond donors (Lipinski definition) is 0. The predicted octanol–water partition coefficient (Wildman–Crippen LogP) is 4.16. The first-order valence-corrected chi connectivity index (χ1v) is 5.54. The van der Waals surface area contributed by atoms with E-state index in [1.807, 2.05) is 25.1 Å². The van der Waals surface area contributed by atoms with Crippen molar-refractivity contribution in [2.75, 3.05) is 11.9 Å². The Balaban J connectivity index is 2.83. The molecule has 0 saturated heterocycles. The topological polar surface area (TPSA) is 3.24 Å². The van der Waals surface area contributed by atoms with Gasteiger partial charge in [-0.05, 0) is 32.1 Å². The summed E-state index contributed by atoms with van der Waals surface area (Å²) in [6.45, 7) is 4.06. The van der Waals surface area contributed by atoms with E-state index in [2.05, 4.69) is 61.4 Å². The van der Waals surface area contributed by atoms with Crippen molar-refractivity contribution in [1.29, 1.82) is 0 Å². The Morgan fingerprint density at radius 1 is 1.06 bits per heavy atom. The van der Waals surface area contributed by atoms with Crippen LogP contribution < -0.4 is 4.90 Å². The Hall–Kier alpha value is -1.76. The minimum atomic E-state index is 1.18. The van der Waals surface area contributed by atoms with Crippen LogP contribution in [0.5, 0.6) is 0 Å². The van der Waals surface area contributed by atoms with Crippen LogP contribution in [0.2, 0.25) is 0 Å². The van der Waals surface area contributed by atoms with Crippen LogP contribution in [0.4, 0.5) is 5.69 Å². The summed E-state index contributed by atoms with van der Waals surface area (Å²) in [7, 11) is 2.07. The standard InChI is InChI=1S/C15H19N/c1-4-6-8-11-14(5-2)16(3)15-12-9-7-10-13-15/h4-13H,1-3H3/b6-4-,11-8-,14-5+. The predicted molar refractivity (Wildman–Crippen MR) is 72.6 cm³/mol. The Bertz CT molecular complexity index is 385. The molecule has 1 heteroatoms. The minimum Gasteiger partial charge on any atom is -0.345 e. The smallest absolute Gasteiger partial charge is 0.0407 e. The maximum absolute atomic E-state index is 2.17. The van der Waals surface area contributed by atoms with Gasteiger partial charge in [0.25, 0.3) is 0 Å². The molecule has 0 unspecified atom stereocenters. The van der Waals surface area contributed by atoms with E-state index in [-0.39, 0.29) is 0 Å². The number of para-hydroxylation sites is 1. The van der Waals surface area contributed by atoms with E-state index < -0.39 is 0 Å². The number of anilines is 1. The Labute approximate surface area is 98.4 Å². The van der Waals surface area contributed by atoms with Crippen LogP contribution in [0.25, 0.3) is 0 Å². The lowest BCUT2D eigenvalue weighted by Gasteiger charge is -2.20. The molecule has 1 aromatic rings. The van der Waals surface area contributed by atoms with E-state index in [1.165, 1.54) is 11.4 Å². The van der Waals surface area contributed by atoms with Crippen LogP contribution >= 0.6 is 0 Å². The van der Waals surface area contributed by atoms with Gasteiger partial charge in [0.15, 0.2) is 0 Å². The van der Waals surface area contributed by atoms with Crippen LogP contribution in [-0.2, 0) is 0 Å². The highest BCUT2D eigenvalue weighted by atomic mass is 15.1. The van der Waals surface area contributed by atoms with Gasteiger partial charge >= 0.3 is 0 Å². The zero-order valence-corrected chi connectivity index (χ0v) is 10.2. The second-order valence-corrected chi connectivity index (χ2v) is 3.49. The van der Waals surface area contributed by atoms with E-state index >= 15 is 0 Å². The van der Waals surface area contributed by atoms with Crippen LogP contribution in [0.3, 0.4) is 0 Å². The second kappa shape index (κ2) is 6.67. The van der Waals surface area contributed by atoms with Crippen molar-refractivity contribution in [2.45, 2.75) is 13.8 Å². The highest BCUT2D eigenvalue weighted by molar-refractivity contribution is 5.53. The summed E-state index contributed by atoms with van der Waals surface area (Å²) in [5.41, 5.74) is 2.38. The van der Waals surface area contributed by atoms with Gasteiger partial charge in [-0.15, -0.1) is 0 Å². The maximum atomic E-state index is 2.17. The third-order valence-electron chi connectivity index (χ3n) is 2.40. The second-order valence-electron chi connectivity index (χ2n) is 3.49. The van der Waals surface area contributed by atoms with E-state index in [1.54, 1.807) is 0 Å². The molecule has 0 fully saturated rings. The first-order chi connectivity index (χ1) is 7.79. The molecule has 0 atom stereocenters. The van der Waals surface area contributed by atoms with Crippen LogP contribution in [0.15, 0.2) is 66.4 Å². The average Bonchev–Trinajstić information content (AvgIpc) is 2.35. The minimum absolute atomic E-state index is 1.18. The molecule has 1 nitrogen and oxygen atoms in total. The fourth-order valence-electron chi connectivity index (χ4n) is 1.47. The van der Waals surface area contributed by atoms with Gasteiger partial charge in [0.2, 0.25) is 0 Å². The molecule has 0 radical (unpaired) electrons. The van der Waals surface area contributed by atoms with Crippen LogP contribution in [0, 0.1) is 0 Å². The van der Waals surface area contributed by atoms with Gasteiger partial charge in [-0.1, -0.05) is 42.5 Å². The van der Waals surface area contributed by atoms with Gasteiger partial charge in [0.05, 0.1) is 0 Å². The van der Waals surface area contributed by atoms with Gasteiger partial charge < -0.3 is 4.90 Å². The van der Waals surface area contributed by atoms with Gasteiger partial charge in [-0.25, -0.2) is 0 Å². The van der Waals surface area contributed by atoms with E-state index in [9.17, 15) is 0 Å². The fraction of sp³-hybridized carbons (Fsp3) is 0.200. The Morgan fingerprint density at radius 3 is 2.31 bits per heavy atom. The van der Waals surface area contributed by atoms with Crippen molar-refractivity contribution in [3.05, 3.63) is 66.4 Å². The summed E-state index contributed by atoms with van der Waals surface area (Å²) >= 11 is 0. The zero-order valence-electron chi connectivity index (χ0n) is 10.2. The zero-order chi connectivity index (χ0) is 11.8. The molecule has 0 aliphatic rings. The largest absolute Gasteiger partial charge is 0.345 e. The van der Waals surface area contributed by atoms with Crippen molar-refractivity contribution < 1.29 is 0 Å². The van der Waals surface area contributed by atoms with E-state index in [0.29, 0.717) is 0 Å².